The number of hydrogen-bond acceptors (Lipinski definition) is 4. The van der Waals surface area contributed by atoms with Crippen molar-refractivity contribution in [3.8, 4) is 11.6 Å². The van der Waals surface area contributed by atoms with E-state index in [2.05, 4.69) is 31.2 Å². The number of nitrogens with one attached hydrogen (secondary N) is 1. The third kappa shape index (κ3) is 5.29. The second kappa shape index (κ2) is 8.16. The molecule has 0 aliphatic rings. The van der Waals surface area contributed by atoms with Crippen molar-refractivity contribution in [2.45, 2.75) is 13.1 Å². The van der Waals surface area contributed by atoms with Gasteiger partial charge >= 0.3 is 6.18 Å². The van der Waals surface area contributed by atoms with Gasteiger partial charge in [-0.05, 0) is 49.4 Å². The zero-order chi connectivity index (χ0) is 21.2. The normalized spacial score (nSPS) is 11.2. The van der Waals surface area contributed by atoms with Gasteiger partial charge in [0, 0.05) is 16.2 Å². The van der Waals surface area contributed by atoms with Crippen LogP contribution in [0.2, 0.25) is 0 Å². The summed E-state index contributed by atoms with van der Waals surface area (Å²) in [7, 11) is 0. The average molecular weight is 470 g/mol. The molecule has 3 rings (SSSR count). The largest absolute Gasteiger partial charge is 0.439 e. The number of alkyl halides is 3. The Morgan fingerprint density at radius 3 is 2.38 bits per heavy atom. The number of aryl methyl sites for hydroxylation is 1. The van der Waals surface area contributed by atoms with E-state index in [1.807, 2.05) is 0 Å². The summed E-state index contributed by atoms with van der Waals surface area (Å²) >= 11 is 3.11. The summed E-state index contributed by atoms with van der Waals surface area (Å²) in [6.07, 6.45) is -4.62. The van der Waals surface area contributed by atoms with Gasteiger partial charge in [-0.15, -0.1) is 0 Å². The standard InChI is InChI=1S/C19H12BrF4N3O2/c1-10-25-16(19(22,23)24)9-17(26-10)29-13-5-3-12(4-6-13)27-18(28)14-7-2-11(20)8-15(14)21/h2-9H,1H3,(H,27,28). The topological polar surface area (TPSA) is 64.1 Å². The molecule has 3 aromatic rings. The van der Waals surface area contributed by atoms with E-state index in [-0.39, 0.29) is 23.0 Å². The van der Waals surface area contributed by atoms with E-state index in [1.165, 1.54) is 49.4 Å². The molecule has 0 unspecified atom stereocenters. The minimum Gasteiger partial charge on any atom is -0.439 e. The molecule has 10 heteroatoms. The van der Waals surface area contributed by atoms with Gasteiger partial charge in [0.2, 0.25) is 5.88 Å². The van der Waals surface area contributed by atoms with Gasteiger partial charge in [0.25, 0.3) is 5.91 Å². The van der Waals surface area contributed by atoms with Gasteiger partial charge in [-0.2, -0.15) is 18.2 Å². The van der Waals surface area contributed by atoms with Crippen LogP contribution < -0.4 is 10.1 Å². The third-order valence-electron chi connectivity index (χ3n) is 3.62. The van der Waals surface area contributed by atoms with Gasteiger partial charge in [0.15, 0.2) is 5.69 Å². The minimum atomic E-state index is -4.62. The minimum absolute atomic E-state index is 0.0877. The van der Waals surface area contributed by atoms with Gasteiger partial charge in [-0.25, -0.2) is 9.37 Å². The van der Waals surface area contributed by atoms with E-state index >= 15 is 0 Å². The third-order valence-corrected chi connectivity index (χ3v) is 4.11. The van der Waals surface area contributed by atoms with E-state index in [0.717, 1.165) is 0 Å². The van der Waals surface area contributed by atoms with Gasteiger partial charge in [0.1, 0.15) is 17.4 Å². The smallest absolute Gasteiger partial charge is 0.433 e. The average Bonchev–Trinajstić information content (AvgIpc) is 2.62. The molecule has 0 fully saturated rings. The van der Waals surface area contributed by atoms with Crippen LogP contribution in [-0.4, -0.2) is 15.9 Å². The van der Waals surface area contributed by atoms with Crippen molar-refractivity contribution < 1.29 is 27.1 Å². The highest BCUT2D eigenvalue weighted by atomic mass is 79.9. The Kier molecular flexibility index (Phi) is 5.83. The van der Waals surface area contributed by atoms with E-state index in [9.17, 15) is 22.4 Å². The van der Waals surface area contributed by atoms with Crippen molar-refractivity contribution in [2.24, 2.45) is 0 Å². The summed E-state index contributed by atoms with van der Waals surface area (Å²) in [6, 6.07) is 10.5. The summed E-state index contributed by atoms with van der Waals surface area (Å²) in [5.41, 5.74) is -0.899. The number of amides is 1. The molecule has 1 amide bonds. The highest BCUT2D eigenvalue weighted by molar-refractivity contribution is 9.10. The van der Waals surface area contributed by atoms with Gasteiger partial charge in [0.05, 0.1) is 5.56 Å². The SMILES string of the molecule is Cc1nc(Oc2ccc(NC(=O)c3ccc(Br)cc3F)cc2)cc(C(F)(F)F)n1. The molecule has 0 radical (unpaired) electrons. The fraction of sp³-hybridized carbons (Fsp3) is 0.105. The lowest BCUT2D eigenvalue weighted by Gasteiger charge is -2.11. The summed E-state index contributed by atoms with van der Waals surface area (Å²) in [4.78, 5) is 19.3. The Hall–Kier alpha value is -3.01. The molecule has 0 atom stereocenters. The number of rotatable bonds is 4. The fourth-order valence-corrected chi connectivity index (χ4v) is 2.67. The monoisotopic (exact) mass is 469 g/mol. The zero-order valence-electron chi connectivity index (χ0n) is 14.7. The second-order valence-corrected chi connectivity index (χ2v) is 6.76. The molecule has 0 spiro atoms. The molecule has 1 N–H and O–H groups in total. The molecule has 1 aromatic heterocycles. The first-order chi connectivity index (χ1) is 13.6. The van der Waals surface area contributed by atoms with Crippen molar-refractivity contribution in [1.29, 1.82) is 0 Å². The van der Waals surface area contributed by atoms with Crippen LogP contribution in [0.5, 0.6) is 11.6 Å². The lowest BCUT2D eigenvalue weighted by atomic mass is 10.2. The first kappa shape index (κ1) is 20.7. The summed E-state index contributed by atoms with van der Waals surface area (Å²) in [5.74, 6) is -1.49. The van der Waals surface area contributed by atoms with Gasteiger partial charge in [-0.1, -0.05) is 15.9 Å². The lowest BCUT2D eigenvalue weighted by Crippen LogP contribution is -2.13. The van der Waals surface area contributed by atoms with Crippen LogP contribution in [0, 0.1) is 12.7 Å². The van der Waals surface area contributed by atoms with E-state index in [0.29, 0.717) is 16.2 Å². The number of halogens is 5. The van der Waals surface area contributed by atoms with Crippen molar-refractivity contribution in [3.63, 3.8) is 0 Å². The van der Waals surface area contributed by atoms with Crippen molar-refractivity contribution >= 4 is 27.5 Å². The quantitative estimate of drug-likeness (QED) is 0.494. The predicted octanol–water partition coefficient (Wildman–Crippen LogP) is 5.75. The summed E-state index contributed by atoms with van der Waals surface area (Å²) < 4.78 is 58.2. The molecule has 0 saturated heterocycles. The second-order valence-electron chi connectivity index (χ2n) is 5.84. The molecule has 0 saturated carbocycles. The Labute approximate surface area is 170 Å². The van der Waals surface area contributed by atoms with Crippen LogP contribution in [0.15, 0.2) is 53.0 Å². The van der Waals surface area contributed by atoms with Crippen LogP contribution in [0.25, 0.3) is 0 Å². The van der Waals surface area contributed by atoms with Crippen molar-refractivity contribution in [2.75, 3.05) is 5.32 Å². The first-order valence-corrected chi connectivity index (χ1v) is 8.88. The maximum atomic E-state index is 13.9. The van der Waals surface area contributed by atoms with E-state index in [4.69, 9.17) is 4.74 Å². The molecule has 1 heterocycles. The Morgan fingerprint density at radius 1 is 1.07 bits per heavy atom. The first-order valence-electron chi connectivity index (χ1n) is 8.09. The van der Waals surface area contributed by atoms with Crippen LogP contribution in [-0.2, 0) is 6.18 Å². The molecule has 0 aliphatic carbocycles. The maximum absolute atomic E-state index is 13.9. The highest BCUT2D eigenvalue weighted by Crippen LogP contribution is 2.31. The lowest BCUT2D eigenvalue weighted by molar-refractivity contribution is -0.141. The maximum Gasteiger partial charge on any atom is 0.433 e. The number of ether oxygens (including phenoxy) is 1. The number of aromatic nitrogens is 2. The van der Waals surface area contributed by atoms with Crippen LogP contribution >= 0.6 is 15.9 Å². The zero-order valence-corrected chi connectivity index (χ0v) is 16.3. The van der Waals surface area contributed by atoms with Crippen molar-refractivity contribution in [3.05, 3.63) is 75.9 Å². The Morgan fingerprint density at radius 2 is 1.76 bits per heavy atom. The van der Waals surface area contributed by atoms with Gasteiger partial charge in [-0.3, -0.25) is 4.79 Å². The Bertz CT molecular complexity index is 1060. The predicted molar refractivity (Wildman–Crippen MR) is 100 cm³/mol. The molecule has 150 valence electrons. The number of carbonyl (C=O) groups excluding carboxylic acids is 1. The molecule has 5 nitrogen and oxygen atoms in total. The van der Waals surface area contributed by atoms with Crippen LogP contribution in [0.4, 0.5) is 23.2 Å². The molecule has 0 bridgehead atoms. The fourth-order valence-electron chi connectivity index (χ4n) is 2.34. The molecular weight excluding hydrogens is 458 g/mol. The van der Waals surface area contributed by atoms with Crippen LogP contribution in [0.3, 0.4) is 0 Å². The Balaban J connectivity index is 1.72. The van der Waals surface area contributed by atoms with Gasteiger partial charge < -0.3 is 10.1 Å². The summed E-state index contributed by atoms with van der Waals surface area (Å²) in [5, 5.41) is 2.52. The van der Waals surface area contributed by atoms with E-state index < -0.39 is 23.6 Å². The number of hydrogen-bond donors (Lipinski definition) is 1. The number of benzene rings is 2. The van der Waals surface area contributed by atoms with Crippen molar-refractivity contribution in [1.82, 2.24) is 9.97 Å². The molecular formula is C19H12BrF4N3O2. The summed E-state index contributed by atoms with van der Waals surface area (Å²) in [6.45, 7) is 1.32. The van der Waals surface area contributed by atoms with E-state index in [1.54, 1.807) is 0 Å². The number of nitrogens with zero attached hydrogens (tertiary/aromatic N) is 2. The number of carbonyl (C=O) groups is 1. The van der Waals surface area contributed by atoms with Crippen LogP contribution in [0.1, 0.15) is 21.9 Å². The molecule has 0 aliphatic heterocycles. The number of anilines is 1. The highest BCUT2D eigenvalue weighted by Gasteiger charge is 2.33. The molecule has 2 aromatic carbocycles. The molecule has 29 heavy (non-hydrogen) atoms.